The summed E-state index contributed by atoms with van der Waals surface area (Å²) in [6.45, 7) is 1.84. The van der Waals surface area contributed by atoms with Crippen LogP contribution < -0.4 is 16.0 Å². The van der Waals surface area contributed by atoms with Crippen molar-refractivity contribution >= 4 is 40.9 Å². The lowest BCUT2D eigenvalue weighted by Crippen LogP contribution is -2.29. The average Bonchev–Trinajstić information content (AvgIpc) is 3.48. The summed E-state index contributed by atoms with van der Waals surface area (Å²) < 4.78 is 20.5. The standard InChI is InChI=1S/C30H28ClFN6O4/c1-17-5-3-7-23(36-29(40)19-15-34-38(16-19)26-8-4-6-22(31)27(26)32)18-11-12-33-24(13-18)21-10-9-20(35-30(41)42-2)14-25(21)37-28(17)39/h4,6,8-17,23H,3,5,7H2,1-2H3,(H,35,41)(H,36,40)(H,37,39). The van der Waals surface area contributed by atoms with Crippen LogP contribution in [0.1, 0.15) is 48.1 Å². The highest BCUT2D eigenvalue weighted by atomic mass is 35.5. The van der Waals surface area contributed by atoms with Crippen LogP contribution in [0, 0.1) is 11.7 Å². The fraction of sp³-hybridized carbons (Fsp3) is 0.233. The number of benzene rings is 2. The maximum atomic E-state index is 14.5. The fourth-order valence-corrected chi connectivity index (χ4v) is 4.92. The van der Waals surface area contributed by atoms with E-state index in [1.165, 1.54) is 36.3 Å². The molecular weight excluding hydrogens is 563 g/mol. The van der Waals surface area contributed by atoms with E-state index in [1.54, 1.807) is 30.5 Å². The maximum absolute atomic E-state index is 14.5. The van der Waals surface area contributed by atoms with Gasteiger partial charge in [-0.25, -0.2) is 13.9 Å². The first-order valence-corrected chi connectivity index (χ1v) is 13.7. The van der Waals surface area contributed by atoms with Gasteiger partial charge in [-0.15, -0.1) is 0 Å². The van der Waals surface area contributed by atoms with Crippen LogP contribution in [-0.4, -0.2) is 39.8 Å². The van der Waals surface area contributed by atoms with Crippen LogP contribution >= 0.6 is 11.6 Å². The van der Waals surface area contributed by atoms with Crippen molar-refractivity contribution in [3.63, 3.8) is 0 Å². The van der Waals surface area contributed by atoms with E-state index in [2.05, 4.69) is 30.8 Å². The number of ether oxygens (including phenoxy) is 1. The van der Waals surface area contributed by atoms with Crippen molar-refractivity contribution in [2.24, 2.45) is 5.92 Å². The zero-order valence-electron chi connectivity index (χ0n) is 22.9. The second-order valence-corrected chi connectivity index (χ2v) is 10.4. The van der Waals surface area contributed by atoms with E-state index in [9.17, 15) is 18.8 Å². The van der Waals surface area contributed by atoms with Gasteiger partial charge in [-0.2, -0.15) is 5.10 Å². The molecule has 0 radical (unpaired) electrons. The normalized spacial score (nSPS) is 16.7. The van der Waals surface area contributed by atoms with Gasteiger partial charge in [-0.1, -0.05) is 31.0 Å². The van der Waals surface area contributed by atoms with Gasteiger partial charge in [0, 0.05) is 29.6 Å². The number of anilines is 2. The van der Waals surface area contributed by atoms with E-state index in [1.807, 2.05) is 19.1 Å². The highest BCUT2D eigenvalue weighted by Crippen LogP contribution is 2.33. The number of hydrogen-bond donors (Lipinski definition) is 3. The second-order valence-electron chi connectivity index (χ2n) is 9.95. The van der Waals surface area contributed by atoms with Gasteiger partial charge < -0.3 is 15.4 Å². The first-order valence-electron chi connectivity index (χ1n) is 13.3. The largest absolute Gasteiger partial charge is 0.453 e. The van der Waals surface area contributed by atoms with Crippen molar-refractivity contribution in [2.45, 2.75) is 32.2 Å². The third kappa shape index (κ3) is 6.26. The number of rotatable bonds is 4. The number of hydrogen-bond acceptors (Lipinski definition) is 6. The molecule has 0 saturated heterocycles. The predicted octanol–water partition coefficient (Wildman–Crippen LogP) is 6.13. The van der Waals surface area contributed by atoms with Crippen LogP contribution in [0.4, 0.5) is 20.6 Å². The minimum Gasteiger partial charge on any atom is -0.453 e. The molecule has 2 unspecified atom stereocenters. The molecule has 2 aromatic carbocycles. The highest BCUT2D eigenvalue weighted by molar-refractivity contribution is 6.30. The summed E-state index contributed by atoms with van der Waals surface area (Å²) in [5.74, 6) is -1.51. The SMILES string of the molecule is COC(=O)Nc1ccc2c(c1)NC(=O)C(C)CCCC(NC(=O)c1cnn(-c3cccc(Cl)c3F)c1)c1ccnc-2c1. The molecule has 3 N–H and O–H groups in total. The van der Waals surface area contributed by atoms with E-state index in [0.717, 1.165) is 5.56 Å². The van der Waals surface area contributed by atoms with Crippen LogP contribution in [0.3, 0.4) is 0 Å². The number of methoxy groups -OCH3 is 1. The molecule has 12 heteroatoms. The summed E-state index contributed by atoms with van der Waals surface area (Å²) in [4.78, 5) is 42.7. The number of pyridine rings is 1. The molecule has 2 atom stereocenters. The van der Waals surface area contributed by atoms with Gasteiger partial charge in [-0.3, -0.25) is 19.9 Å². The van der Waals surface area contributed by atoms with E-state index >= 15 is 0 Å². The lowest BCUT2D eigenvalue weighted by atomic mass is 9.94. The molecule has 2 bridgehead atoms. The quantitative estimate of drug-likeness (QED) is 0.262. The maximum Gasteiger partial charge on any atom is 0.411 e. The Bertz CT molecular complexity index is 1660. The highest BCUT2D eigenvalue weighted by Gasteiger charge is 2.23. The lowest BCUT2D eigenvalue weighted by Gasteiger charge is -2.22. The summed E-state index contributed by atoms with van der Waals surface area (Å²) in [7, 11) is 1.27. The lowest BCUT2D eigenvalue weighted by molar-refractivity contribution is -0.119. The fourth-order valence-electron chi connectivity index (χ4n) is 4.75. The monoisotopic (exact) mass is 590 g/mol. The van der Waals surface area contributed by atoms with Gasteiger partial charge in [0.2, 0.25) is 5.91 Å². The van der Waals surface area contributed by atoms with Crippen molar-refractivity contribution in [3.05, 3.63) is 89.1 Å². The number of aromatic nitrogens is 3. The van der Waals surface area contributed by atoms with Crippen LogP contribution in [0.5, 0.6) is 0 Å². The number of fused-ring (bicyclic) bond motifs is 4. The Morgan fingerprint density at radius 2 is 2.00 bits per heavy atom. The van der Waals surface area contributed by atoms with Crippen molar-refractivity contribution in [1.29, 1.82) is 0 Å². The zero-order chi connectivity index (χ0) is 29.8. The average molecular weight is 591 g/mol. The molecule has 3 amide bonds. The molecule has 2 aromatic heterocycles. The van der Waals surface area contributed by atoms with Gasteiger partial charge in [0.1, 0.15) is 5.69 Å². The Morgan fingerprint density at radius 3 is 2.81 bits per heavy atom. The number of nitrogens with one attached hydrogen (secondary N) is 3. The molecule has 216 valence electrons. The van der Waals surface area contributed by atoms with E-state index in [0.29, 0.717) is 41.9 Å². The topological polar surface area (TPSA) is 127 Å². The molecule has 0 aliphatic carbocycles. The third-order valence-corrected chi connectivity index (χ3v) is 7.37. The summed E-state index contributed by atoms with van der Waals surface area (Å²) in [5, 5.41) is 12.8. The number of nitrogens with zero attached hydrogens (tertiary/aromatic N) is 3. The van der Waals surface area contributed by atoms with E-state index in [-0.39, 0.29) is 34.0 Å². The van der Waals surface area contributed by atoms with Crippen molar-refractivity contribution < 1.29 is 23.5 Å². The number of amides is 3. The van der Waals surface area contributed by atoms with Crippen molar-refractivity contribution in [1.82, 2.24) is 20.1 Å². The molecular formula is C30H28ClFN6O4. The molecule has 0 saturated carbocycles. The van der Waals surface area contributed by atoms with Crippen LogP contribution in [-0.2, 0) is 9.53 Å². The minimum absolute atomic E-state index is 0.0452. The number of carbonyl (C=O) groups is 3. The van der Waals surface area contributed by atoms with Crippen LogP contribution in [0.25, 0.3) is 16.9 Å². The van der Waals surface area contributed by atoms with Crippen molar-refractivity contribution in [3.8, 4) is 16.9 Å². The first-order chi connectivity index (χ1) is 20.2. The smallest absolute Gasteiger partial charge is 0.411 e. The molecule has 3 heterocycles. The van der Waals surface area contributed by atoms with Crippen molar-refractivity contribution in [2.75, 3.05) is 17.7 Å². The van der Waals surface area contributed by atoms with Crippen LogP contribution in [0.2, 0.25) is 5.02 Å². The van der Waals surface area contributed by atoms with E-state index in [4.69, 9.17) is 11.6 Å². The third-order valence-electron chi connectivity index (χ3n) is 7.08. The Morgan fingerprint density at radius 1 is 1.17 bits per heavy atom. The van der Waals surface area contributed by atoms with Crippen LogP contribution in [0.15, 0.2) is 67.1 Å². The molecule has 1 aliphatic heterocycles. The zero-order valence-corrected chi connectivity index (χ0v) is 23.6. The Hall–Kier alpha value is -4.77. The minimum atomic E-state index is -0.635. The first kappa shape index (κ1) is 28.7. The molecule has 1 aliphatic rings. The number of halogens is 2. The van der Waals surface area contributed by atoms with E-state index < -0.39 is 18.0 Å². The summed E-state index contributed by atoms with van der Waals surface area (Å²) >= 11 is 5.91. The van der Waals surface area contributed by atoms with Gasteiger partial charge in [-0.05, 0) is 60.9 Å². The summed E-state index contributed by atoms with van der Waals surface area (Å²) in [5.41, 5.74) is 3.34. The Labute approximate surface area is 246 Å². The van der Waals surface area contributed by atoms with Gasteiger partial charge in [0.25, 0.3) is 5.91 Å². The summed E-state index contributed by atoms with van der Waals surface area (Å²) in [6, 6.07) is 12.9. The molecule has 0 spiro atoms. The van der Waals surface area contributed by atoms with Gasteiger partial charge >= 0.3 is 6.09 Å². The second kappa shape index (κ2) is 12.4. The Kier molecular flexibility index (Phi) is 8.48. The Balaban J connectivity index is 1.46. The van der Waals surface area contributed by atoms with Gasteiger partial charge in [0.05, 0.1) is 41.3 Å². The summed E-state index contributed by atoms with van der Waals surface area (Å²) in [6.07, 6.45) is 5.62. The molecule has 4 aromatic rings. The molecule has 42 heavy (non-hydrogen) atoms. The molecule has 5 rings (SSSR count). The predicted molar refractivity (Wildman–Crippen MR) is 156 cm³/mol. The molecule has 0 fully saturated rings. The van der Waals surface area contributed by atoms with Gasteiger partial charge in [0.15, 0.2) is 5.82 Å². The molecule has 10 nitrogen and oxygen atoms in total. The number of carbonyl (C=O) groups excluding carboxylic acids is 3.